The summed E-state index contributed by atoms with van der Waals surface area (Å²) in [5.74, 6) is -0.844. The van der Waals surface area contributed by atoms with Crippen LogP contribution < -0.4 is 11.1 Å². The van der Waals surface area contributed by atoms with Crippen LogP contribution in [-0.4, -0.2) is 92.7 Å². The van der Waals surface area contributed by atoms with Gasteiger partial charge in [0, 0.05) is 26.7 Å². The molecule has 2 aliphatic rings. The fraction of sp³-hybridized carbons (Fsp3) is 0.786. The number of likely N-dealkylation sites (tertiary alicyclic amines) is 1. The maximum Gasteiger partial charge on any atom is 0.247 e. The fourth-order valence-corrected chi connectivity index (χ4v) is 2.87. The Labute approximate surface area is 135 Å². The molecule has 0 aliphatic carbocycles. The number of hydrogen-bond acceptors (Lipinski definition) is 6. The lowest BCUT2D eigenvalue weighted by Gasteiger charge is -2.34. The minimum absolute atomic E-state index is 0.0589. The molecule has 2 aliphatic heterocycles. The smallest absolute Gasteiger partial charge is 0.247 e. The molecule has 0 aromatic carbocycles. The second-order valence-corrected chi connectivity index (χ2v) is 5.63. The third kappa shape index (κ3) is 4.40. The van der Waals surface area contributed by atoms with Crippen LogP contribution >= 0.6 is 0 Å². The zero-order valence-electron chi connectivity index (χ0n) is 13.3. The van der Waals surface area contributed by atoms with Crippen LogP contribution in [0, 0.1) is 0 Å². The van der Waals surface area contributed by atoms with Gasteiger partial charge in [-0.15, -0.1) is 0 Å². The van der Waals surface area contributed by atoms with Crippen molar-refractivity contribution in [1.82, 2.24) is 15.1 Å². The van der Waals surface area contributed by atoms with Crippen molar-refractivity contribution in [2.75, 3.05) is 53.1 Å². The normalized spacial score (nSPS) is 23.2. The van der Waals surface area contributed by atoms with Crippen LogP contribution in [0.4, 0.5) is 0 Å². The first-order valence-corrected chi connectivity index (χ1v) is 7.72. The predicted octanol–water partition coefficient (Wildman–Crippen LogP) is -2.46. The molecule has 0 aromatic rings. The summed E-state index contributed by atoms with van der Waals surface area (Å²) < 4.78 is 10.4. The third-order valence-electron chi connectivity index (χ3n) is 4.07. The maximum absolute atomic E-state index is 12.7. The number of primary amides is 1. The second kappa shape index (κ2) is 8.23. The molecule has 3 N–H and O–H groups in total. The molecule has 23 heavy (non-hydrogen) atoms. The first-order valence-electron chi connectivity index (χ1n) is 7.72. The van der Waals surface area contributed by atoms with E-state index in [0.717, 1.165) is 0 Å². The number of nitrogens with one attached hydrogen (secondary N) is 1. The Hall–Kier alpha value is -1.71. The molecule has 0 radical (unpaired) electrons. The van der Waals surface area contributed by atoms with Gasteiger partial charge in [0.05, 0.1) is 32.4 Å². The Kier molecular flexibility index (Phi) is 6.31. The SMILES string of the molecule is COC[C@@H](C(=O)N1CCOCC1)N1CC[C@H](NCC(N)=O)C1=O. The highest BCUT2D eigenvalue weighted by Gasteiger charge is 2.40. The monoisotopic (exact) mass is 328 g/mol. The number of carbonyl (C=O) groups excluding carboxylic acids is 3. The summed E-state index contributed by atoms with van der Waals surface area (Å²) in [5, 5.41) is 2.82. The van der Waals surface area contributed by atoms with E-state index in [1.54, 1.807) is 4.90 Å². The number of rotatable bonds is 7. The number of nitrogens with two attached hydrogens (primary N) is 1. The minimum atomic E-state index is -0.647. The molecule has 0 spiro atoms. The molecule has 0 unspecified atom stereocenters. The number of amides is 3. The van der Waals surface area contributed by atoms with E-state index in [0.29, 0.717) is 39.3 Å². The summed E-state index contributed by atoms with van der Waals surface area (Å²) in [7, 11) is 1.50. The Balaban J connectivity index is 2.01. The van der Waals surface area contributed by atoms with Gasteiger partial charge in [0.15, 0.2) is 0 Å². The number of nitrogens with zero attached hydrogens (tertiary/aromatic N) is 2. The van der Waals surface area contributed by atoms with Crippen molar-refractivity contribution in [2.45, 2.75) is 18.5 Å². The van der Waals surface area contributed by atoms with E-state index >= 15 is 0 Å². The summed E-state index contributed by atoms with van der Waals surface area (Å²) in [5.41, 5.74) is 5.08. The van der Waals surface area contributed by atoms with E-state index in [1.165, 1.54) is 12.0 Å². The van der Waals surface area contributed by atoms with Crippen molar-refractivity contribution in [3.8, 4) is 0 Å². The molecule has 2 fully saturated rings. The van der Waals surface area contributed by atoms with Crippen LogP contribution in [0.5, 0.6) is 0 Å². The third-order valence-corrected chi connectivity index (χ3v) is 4.07. The van der Waals surface area contributed by atoms with Crippen LogP contribution in [0.1, 0.15) is 6.42 Å². The number of hydrogen-bond donors (Lipinski definition) is 2. The van der Waals surface area contributed by atoms with Gasteiger partial charge in [-0.25, -0.2) is 0 Å². The van der Waals surface area contributed by atoms with Crippen LogP contribution in [0.15, 0.2) is 0 Å². The highest BCUT2D eigenvalue weighted by Crippen LogP contribution is 2.17. The van der Waals surface area contributed by atoms with Crippen LogP contribution in [0.3, 0.4) is 0 Å². The molecule has 0 saturated carbocycles. The van der Waals surface area contributed by atoms with Crippen molar-refractivity contribution in [2.24, 2.45) is 5.73 Å². The molecule has 2 atom stereocenters. The average Bonchev–Trinajstić information content (AvgIpc) is 2.91. The van der Waals surface area contributed by atoms with Gasteiger partial charge >= 0.3 is 0 Å². The topological polar surface area (TPSA) is 114 Å². The first-order chi connectivity index (χ1) is 11.0. The van der Waals surface area contributed by atoms with Gasteiger partial charge in [-0.3, -0.25) is 19.7 Å². The van der Waals surface area contributed by atoms with Gasteiger partial charge in [0.2, 0.25) is 17.7 Å². The van der Waals surface area contributed by atoms with E-state index < -0.39 is 18.0 Å². The molecular formula is C14H24N4O5. The van der Waals surface area contributed by atoms with Gasteiger partial charge in [0.25, 0.3) is 0 Å². The van der Waals surface area contributed by atoms with Gasteiger partial charge in [-0.2, -0.15) is 0 Å². The zero-order chi connectivity index (χ0) is 16.8. The Bertz CT molecular complexity index is 452. The Morgan fingerprint density at radius 1 is 1.39 bits per heavy atom. The van der Waals surface area contributed by atoms with E-state index in [1.807, 2.05) is 0 Å². The fourth-order valence-electron chi connectivity index (χ4n) is 2.87. The van der Waals surface area contributed by atoms with Crippen molar-refractivity contribution in [1.29, 1.82) is 0 Å². The van der Waals surface area contributed by atoms with E-state index in [4.69, 9.17) is 15.2 Å². The van der Waals surface area contributed by atoms with E-state index in [-0.39, 0.29) is 25.0 Å². The standard InChI is InChI=1S/C14H24N4O5/c1-22-9-11(14(21)17-4-6-23-7-5-17)18-3-2-10(13(18)20)16-8-12(15)19/h10-11,16H,2-9H2,1H3,(H2,15,19)/t10-,11-/m0/s1. The Morgan fingerprint density at radius 3 is 2.70 bits per heavy atom. The molecular weight excluding hydrogens is 304 g/mol. The second-order valence-electron chi connectivity index (χ2n) is 5.63. The summed E-state index contributed by atoms with van der Waals surface area (Å²) in [6.45, 7) is 2.57. The largest absolute Gasteiger partial charge is 0.382 e. The molecule has 9 nitrogen and oxygen atoms in total. The summed E-state index contributed by atoms with van der Waals surface area (Å²) in [6, 6.07) is -1.13. The molecule has 3 amide bonds. The number of ether oxygens (including phenoxy) is 2. The highest BCUT2D eigenvalue weighted by atomic mass is 16.5. The average molecular weight is 328 g/mol. The van der Waals surface area contributed by atoms with Gasteiger partial charge in [-0.05, 0) is 6.42 Å². The van der Waals surface area contributed by atoms with Crippen molar-refractivity contribution in [3.63, 3.8) is 0 Å². The predicted molar refractivity (Wildman–Crippen MR) is 80.4 cm³/mol. The van der Waals surface area contributed by atoms with Gasteiger partial charge in [-0.1, -0.05) is 0 Å². The summed E-state index contributed by atoms with van der Waals surface area (Å²) in [4.78, 5) is 39.2. The lowest BCUT2D eigenvalue weighted by molar-refractivity contribution is -0.149. The van der Waals surface area contributed by atoms with Crippen LogP contribution in [-0.2, 0) is 23.9 Å². The zero-order valence-corrected chi connectivity index (χ0v) is 13.3. The summed E-state index contributed by atoms with van der Waals surface area (Å²) in [6.07, 6.45) is 0.530. The van der Waals surface area contributed by atoms with Gasteiger partial charge in [0.1, 0.15) is 6.04 Å². The van der Waals surface area contributed by atoms with Crippen molar-refractivity contribution < 1.29 is 23.9 Å². The lowest BCUT2D eigenvalue weighted by Crippen LogP contribution is -2.55. The molecule has 9 heteroatoms. The number of morpholine rings is 1. The highest BCUT2D eigenvalue weighted by molar-refractivity contribution is 5.91. The molecule has 0 aromatic heterocycles. The van der Waals surface area contributed by atoms with Crippen LogP contribution in [0.25, 0.3) is 0 Å². The Morgan fingerprint density at radius 2 is 2.09 bits per heavy atom. The minimum Gasteiger partial charge on any atom is -0.382 e. The molecule has 2 heterocycles. The molecule has 0 bridgehead atoms. The number of carbonyl (C=O) groups is 3. The molecule has 2 rings (SSSR count). The van der Waals surface area contributed by atoms with Crippen molar-refractivity contribution in [3.05, 3.63) is 0 Å². The first kappa shape index (κ1) is 17.6. The van der Waals surface area contributed by atoms with Crippen LogP contribution in [0.2, 0.25) is 0 Å². The van der Waals surface area contributed by atoms with Crippen molar-refractivity contribution >= 4 is 17.7 Å². The van der Waals surface area contributed by atoms with E-state index in [9.17, 15) is 14.4 Å². The summed E-state index contributed by atoms with van der Waals surface area (Å²) >= 11 is 0. The van der Waals surface area contributed by atoms with Gasteiger partial charge < -0.3 is 25.0 Å². The maximum atomic E-state index is 12.7. The number of methoxy groups -OCH3 is 1. The van der Waals surface area contributed by atoms with E-state index in [2.05, 4.69) is 5.32 Å². The lowest BCUT2D eigenvalue weighted by atomic mass is 10.2. The quantitative estimate of drug-likeness (QED) is 0.536. The molecule has 2 saturated heterocycles. The molecule has 130 valence electrons.